The molecule has 0 amide bonds. The topological polar surface area (TPSA) is 71.1 Å². The van der Waals surface area contributed by atoms with E-state index in [1.54, 1.807) is 18.3 Å². The first-order valence-electron chi connectivity index (χ1n) is 7.49. The lowest BCUT2D eigenvalue weighted by Crippen LogP contribution is -2.14. The van der Waals surface area contributed by atoms with Gasteiger partial charge in [-0.05, 0) is 42.8 Å². The van der Waals surface area contributed by atoms with Crippen LogP contribution in [0.4, 0.5) is 15.9 Å². The van der Waals surface area contributed by atoms with Gasteiger partial charge >= 0.3 is 0 Å². The van der Waals surface area contributed by atoms with Gasteiger partial charge in [0.25, 0.3) is 10.0 Å². The van der Waals surface area contributed by atoms with Crippen LogP contribution in [0, 0.1) is 5.82 Å². The largest absolute Gasteiger partial charge is 0.384 e. The highest BCUT2D eigenvalue weighted by molar-refractivity contribution is 7.92. The van der Waals surface area contributed by atoms with Crippen LogP contribution in [0.5, 0.6) is 0 Å². The van der Waals surface area contributed by atoms with E-state index in [0.29, 0.717) is 0 Å². The molecule has 0 atom stereocenters. The highest BCUT2D eigenvalue weighted by atomic mass is 32.2. The molecule has 0 aliphatic carbocycles. The van der Waals surface area contributed by atoms with E-state index in [4.69, 9.17) is 0 Å². The molecular formula is C16H20FN3O2S. The summed E-state index contributed by atoms with van der Waals surface area (Å²) in [4.78, 5) is 4.07. The molecule has 5 nitrogen and oxygen atoms in total. The fourth-order valence-corrected chi connectivity index (χ4v) is 2.99. The molecule has 2 aromatic rings. The highest BCUT2D eigenvalue weighted by Crippen LogP contribution is 2.16. The number of halogens is 1. The zero-order valence-electron chi connectivity index (χ0n) is 12.9. The summed E-state index contributed by atoms with van der Waals surface area (Å²) in [6.07, 6.45) is 4.98. The summed E-state index contributed by atoms with van der Waals surface area (Å²) in [5.41, 5.74) is 0.839. The zero-order valence-corrected chi connectivity index (χ0v) is 13.7. The van der Waals surface area contributed by atoms with Crippen LogP contribution in [-0.2, 0) is 10.0 Å². The van der Waals surface area contributed by atoms with Gasteiger partial charge in [-0.2, -0.15) is 0 Å². The molecule has 2 rings (SSSR count). The van der Waals surface area contributed by atoms with Crippen LogP contribution in [0.3, 0.4) is 0 Å². The average Bonchev–Trinajstić information content (AvgIpc) is 2.53. The Morgan fingerprint density at radius 2 is 1.83 bits per heavy atom. The number of rotatable bonds is 8. The third kappa shape index (κ3) is 5.21. The van der Waals surface area contributed by atoms with Crippen LogP contribution in [0.1, 0.15) is 26.2 Å². The predicted octanol–water partition coefficient (Wildman–Crippen LogP) is 3.62. The molecule has 0 aliphatic rings. The van der Waals surface area contributed by atoms with Gasteiger partial charge in [-0.1, -0.05) is 19.8 Å². The van der Waals surface area contributed by atoms with Gasteiger partial charge in [-0.15, -0.1) is 0 Å². The van der Waals surface area contributed by atoms with Gasteiger partial charge in [0.1, 0.15) is 11.6 Å². The molecule has 1 aromatic heterocycles. The molecule has 0 bridgehead atoms. The molecule has 2 N–H and O–H groups in total. The number of aromatic nitrogens is 1. The van der Waals surface area contributed by atoms with Crippen molar-refractivity contribution in [1.29, 1.82) is 0 Å². The molecule has 0 saturated carbocycles. The summed E-state index contributed by atoms with van der Waals surface area (Å²) in [5.74, 6) is -0.269. The van der Waals surface area contributed by atoms with Crippen LogP contribution >= 0.6 is 0 Å². The first kappa shape index (κ1) is 17.2. The molecule has 1 heterocycles. The maximum atomic E-state index is 12.9. The zero-order chi connectivity index (χ0) is 16.7. The van der Waals surface area contributed by atoms with Crippen molar-refractivity contribution in [1.82, 2.24) is 4.98 Å². The Morgan fingerprint density at radius 3 is 2.43 bits per heavy atom. The molecule has 7 heteroatoms. The monoisotopic (exact) mass is 337 g/mol. The van der Waals surface area contributed by atoms with Gasteiger partial charge in [-0.3, -0.25) is 4.72 Å². The Balaban J connectivity index is 1.98. The minimum Gasteiger partial charge on any atom is -0.384 e. The third-order valence-electron chi connectivity index (χ3n) is 3.24. The maximum absolute atomic E-state index is 12.9. The molecule has 0 radical (unpaired) electrons. The van der Waals surface area contributed by atoms with Crippen molar-refractivity contribution < 1.29 is 12.8 Å². The van der Waals surface area contributed by atoms with E-state index in [9.17, 15) is 12.8 Å². The van der Waals surface area contributed by atoms with Crippen LogP contribution in [0.2, 0.25) is 0 Å². The van der Waals surface area contributed by atoms with Crippen LogP contribution in [0.15, 0.2) is 47.5 Å². The normalized spacial score (nSPS) is 11.2. The number of nitrogens with zero attached hydrogens (tertiary/aromatic N) is 1. The summed E-state index contributed by atoms with van der Waals surface area (Å²) in [6, 6.07) is 7.98. The Hall–Kier alpha value is -2.15. The van der Waals surface area contributed by atoms with E-state index in [0.717, 1.165) is 43.6 Å². The number of hydrogen-bond acceptors (Lipinski definition) is 4. The van der Waals surface area contributed by atoms with Crippen LogP contribution in [-0.4, -0.2) is 19.9 Å². The second-order valence-electron chi connectivity index (χ2n) is 5.13. The van der Waals surface area contributed by atoms with Gasteiger partial charge in [-0.25, -0.2) is 17.8 Å². The lowest BCUT2D eigenvalue weighted by atomic mass is 10.2. The summed E-state index contributed by atoms with van der Waals surface area (Å²) in [7, 11) is -3.77. The Kier molecular flexibility index (Phi) is 5.92. The number of benzene rings is 1. The first-order valence-corrected chi connectivity index (χ1v) is 8.98. The van der Waals surface area contributed by atoms with E-state index < -0.39 is 15.8 Å². The highest BCUT2D eigenvalue weighted by Gasteiger charge is 2.14. The second-order valence-corrected chi connectivity index (χ2v) is 6.81. The van der Waals surface area contributed by atoms with E-state index in [-0.39, 0.29) is 10.7 Å². The molecular weight excluding hydrogens is 317 g/mol. The third-order valence-corrected chi connectivity index (χ3v) is 4.61. The summed E-state index contributed by atoms with van der Waals surface area (Å²) in [6.45, 7) is 3.00. The van der Waals surface area contributed by atoms with Crippen molar-refractivity contribution in [2.45, 2.75) is 31.1 Å². The lowest BCUT2D eigenvalue weighted by Gasteiger charge is -2.09. The number of hydrogen-bond donors (Lipinski definition) is 2. The molecule has 23 heavy (non-hydrogen) atoms. The summed E-state index contributed by atoms with van der Waals surface area (Å²) < 4.78 is 39.5. The minimum absolute atomic E-state index is 0.0116. The van der Waals surface area contributed by atoms with Gasteiger partial charge in [0.2, 0.25) is 0 Å². The minimum atomic E-state index is -3.77. The van der Waals surface area contributed by atoms with Crippen molar-refractivity contribution in [2.24, 2.45) is 0 Å². The van der Waals surface area contributed by atoms with Gasteiger partial charge in [0.15, 0.2) is 0 Å². The van der Waals surface area contributed by atoms with Gasteiger partial charge < -0.3 is 5.32 Å². The number of unbranched alkanes of at least 4 members (excludes halogenated alkanes) is 2. The van der Waals surface area contributed by atoms with E-state index >= 15 is 0 Å². The number of nitrogens with one attached hydrogen (secondary N) is 2. The van der Waals surface area contributed by atoms with Crippen LogP contribution < -0.4 is 10.0 Å². The average molecular weight is 337 g/mol. The van der Waals surface area contributed by atoms with Gasteiger partial charge in [0, 0.05) is 6.54 Å². The molecule has 0 saturated heterocycles. The molecule has 0 fully saturated rings. The smallest absolute Gasteiger partial charge is 0.263 e. The number of pyridine rings is 1. The lowest BCUT2D eigenvalue weighted by molar-refractivity contribution is 0.599. The van der Waals surface area contributed by atoms with Gasteiger partial charge in [0.05, 0.1) is 16.8 Å². The van der Waals surface area contributed by atoms with Crippen molar-refractivity contribution in [3.8, 4) is 0 Å². The van der Waals surface area contributed by atoms with E-state index in [1.807, 2.05) is 0 Å². The van der Waals surface area contributed by atoms with Crippen LogP contribution in [0.25, 0.3) is 0 Å². The second kappa shape index (κ2) is 7.92. The van der Waals surface area contributed by atoms with E-state index in [1.165, 1.54) is 12.1 Å². The van der Waals surface area contributed by atoms with Crippen molar-refractivity contribution in [3.05, 3.63) is 48.4 Å². The van der Waals surface area contributed by atoms with Crippen molar-refractivity contribution in [3.63, 3.8) is 0 Å². The Labute approximate surface area is 136 Å². The van der Waals surface area contributed by atoms with Crippen molar-refractivity contribution >= 4 is 21.5 Å². The SMILES string of the molecule is CCCCCNc1ccc(NS(=O)(=O)c2ccc(F)cc2)nc1. The van der Waals surface area contributed by atoms with E-state index in [2.05, 4.69) is 21.9 Å². The quantitative estimate of drug-likeness (QED) is 0.722. The standard InChI is InChI=1S/C16H20FN3O2S/c1-2-3-4-11-18-14-7-10-16(19-12-14)20-23(21,22)15-8-5-13(17)6-9-15/h5-10,12,18H,2-4,11H2,1H3,(H,19,20). The fourth-order valence-electron chi connectivity index (χ4n) is 1.98. The molecule has 0 unspecified atom stereocenters. The van der Waals surface area contributed by atoms with Crippen molar-refractivity contribution in [2.75, 3.05) is 16.6 Å². The summed E-state index contributed by atoms with van der Waals surface area (Å²) >= 11 is 0. The Morgan fingerprint density at radius 1 is 1.09 bits per heavy atom. The fraction of sp³-hybridized carbons (Fsp3) is 0.312. The number of sulfonamides is 1. The molecule has 124 valence electrons. The number of anilines is 2. The summed E-state index contributed by atoms with van der Waals surface area (Å²) in [5, 5.41) is 3.23. The first-order chi connectivity index (χ1) is 11.0. The maximum Gasteiger partial charge on any atom is 0.263 e. The predicted molar refractivity (Wildman–Crippen MR) is 89.5 cm³/mol. The molecule has 1 aromatic carbocycles. The molecule has 0 spiro atoms. The molecule has 0 aliphatic heterocycles. The Bertz CT molecular complexity index is 716.